The molecule has 158 valence electrons. The molecule has 2 rings (SSSR count). The number of guanidine groups is 1. The minimum absolute atomic E-state index is 0. The summed E-state index contributed by atoms with van der Waals surface area (Å²) in [4.78, 5) is 18.1. The highest BCUT2D eigenvalue weighted by atomic mass is 127. The summed E-state index contributed by atoms with van der Waals surface area (Å²) >= 11 is 0. The van der Waals surface area contributed by atoms with E-state index >= 15 is 0 Å². The lowest BCUT2D eigenvalue weighted by Crippen LogP contribution is -2.41. The Morgan fingerprint density at radius 2 is 1.82 bits per heavy atom. The highest BCUT2D eigenvalue weighted by molar-refractivity contribution is 14.0. The Balaban J connectivity index is 0.00000392. The Morgan fingerprint density at radius 1 is 1.14 bits per heavy atom. The molecule has 28 heavy (non-hydrogen) atoms. The van der Waals surface area contributed by atoms with Crippen molar-refractivity contribution in [3.8, 4) is 0 Å². The number of carbonyl (C=O) groups is 1. The molecule has 1 saturated carbocycles. The van der Waals surface area contributed by atoms with Crippen LogP contribution in [0.2, 0.25) is 0 Å². The van der Waals surface area contributed by atoms with E-state index in [4.69, 9.17) is 0 Å². The van der Waals surface area contributed by atoms with Crippen LogP contribution < -0.4 is 20.9 Å². The van der Waals surface area contributed by atoms with E-state index in [1.165, 1.54) is 0 Å². The fourth-order valence-corrected chi connectivity index (χ4v) is 2.84. The molecule has 0 bridgehead atoms. The SMILES string of the molecule is CCNC(=NCc1ccc(N(CC)CC)c(F)c1)NCCNC(=O)C1CC1.I. The van der Waals surface area contributed by atoms with E-state index in [2.05, 4.69) is 20.9 Å². The van der Waals surface area contributed by atoms with Crippen molar-refractivity contribution in [2.24, 2.45) is 10.9 Å². The third-order valence-electron chi connectivity index (χ3n) is 4.55. The summed E-state index contributed by atoms with van der Waals surface area (Å²) in [6.07, 6.45) is 2.01. The Bertz CT molecular complexity index is 647. The molecule has 1 fully saturated rings. The van der Waals surface area contributed by atoms with E-state index < -0.39 is 0 Å². The maximum absolute atomic E-state index is 14.4. The van der Waals surface area contributed by atoms with Crippen LogP contribution in [-0.2, 0) is 11.3 Å². The minimum Gasteiger partial charge on any atom is -0.370 e. The Hall–Kier alpha value is -1.58. The quantitative estimate of drug-likeness (QED) is 0.198. The van der Waals surface area contributed by atoms with Crippen molar-refractivity contribution in [3.63, 3.8) is 0 Å². The largest absolute Gasteiger partial charge is 0.370 e. The maximum Gasteiger partial charge on any atom is 0.223 e. The van der Waals surface area contributed by atoms with Crippen LogP contribution in [0, 0.1) is 11.7 Å². The molecule has 1 amide bonds. The van der Waals surface area contributed by atoms with Gasteiger partial charge in [-0.2, -0.15) is 0 Å². The van der Waals surface area contributed by atoms with Crippen LogP contribution in [0.4, 0.5) is 10.1 Å². The van der Waals surface area contributed by atoms with Gasteiger partial charge in [-0.25, -0.2) is 9.38 Å². The lowest BCUT2D eigenvalue weighted by molar-refractivity contribution is -0.122. The number of nitrogens with zero attached hydrogens (tertiary/aromatic N) is 2. The predicted molar refractivity (Wildman–Crippen MR) is 124 cm³/mol. The second-order valence-corrected chi connectivity index (χ2v) is 6.65. The molecule has 3 N–H and O–H groups in total. The van der Waals surface area contributed by atoms with Gasteiger partial charge in [-0.15, -0.1) is 24.0 Å². The van der Waals surface area contributed by atoms with Crippen molar-refractivity contribution in [2.45, 2.75) is 40.2 Å². The molecule has 6 nitrogen and oxygen atoms in total. The number of amides is 1. The molecule has 1 aromatic carbocycles. The predicted octanol–water partition coefficient (Wildman–Crippen LogP) is 2.87. The molecular formula is C20H33FIN5O. The van der Waals surface area contributed by atoms with Crippen LogP contribution >= 0.6 is 24.0 Å². The zero-order chi connectivity index (χ0) is 19.6. The van der Waals surface area contributed by atoms with Crippen LogP contribution in [0.5, 0.6) is 0 Å². The van der Waals surface area contributed by atoms with Crippen LogP contribution in [0.1, 0.15) is 39.2 Å². The number of benzene rings is 1. The summed E-state index contributed by atoms with van der Waals surface area (Å²) in [5.74, 6) is 0.808. The molecule has 0 saturated heterocycles. The van der Waals surface area contributed by atoms with Gasteiger partial charge in [0.1, 0.15) is 5.82 Å². The smallest absolute Gasteiger partial charge is 0.223 e. The second-order valence-electron chi connectivity index (χ2n) is 6.65. The molecule has 0 heterocycles. The molecule has 0 atom stereocenters. The zero-order valence-corrected chi connectivity index (χ0v) is 19.4. The lowest BCUT2D eigenvalue weighted by Gasteiger charge is -2.21. The Labute approximate surface area is 184 Å². The summed E-state index contributed by atoms with van der Waals surface area (Å²) < 4.78 is 14.4. The van der Waals surface area contributed by atoms with Gasteiger partial charge in [0, 0.05) is 38.6 Å². The first kappa shape index (κ1) is 24.5. The van der Waals surface area contributed by atoms with Gasteiger partial charge in [-0.05, 0) is 51.3 Å². The maximum atomic E-state index is 14.4. The zero-order valence-electron chi connectivity index (χ0n) is 17.1. The molecule has 8 heteroatoms. The molecule has 0 aromatic heterocycles. The van der Waals surface area contributed by atoms with Gasteiger partial charge >= 0.3 is 0 Å². The van der Waals surface area contributed by atoms with Gasteiger partial charge in [0.25, 0.3) is 0 Å². The van der Waals surface area contributed by atoms with E-state index in [1.54, 1.807) is 6.07 Å². The highest BCUT2D eigenvalue weighted by Crippen LogP contribution is 2.28. The summed E-state index contributed by atoms with van der Waals surface area (Å²) in [5, 5.41) is 9.27. The normalized spacial score (nSPS) is 13.5. The Kier molecular flexibility index (Phi) is 11.2. The van der Waals surface area contributed by atoms with E-state index in [-0.39, 0.29) is 41.6 Å². The number of hydrogen-bond donors (Lipinski definition) is 3. The first-order valence-electron chi connectivity index (χ1n) is 9.92. The molecule has 1 aromatic rings. The third-order valence-corrected chi connectivity index (χ3v) is 4.55. The average molecular weight is 505 g/mol. The van der Waals surface area contributed by atoms with E-state index in [1.807, 2.05) is 37.8 Å². The van der Waals surface area contributed by atoms with Crippen molar-refractivity contribution < 1.29 is 9.18 Å². The molecular weight excluding hydrogens is 472 g/mol. The van der Waals surface area contributed by atoms with Crippen molar-refractivity contribution in [3.05, 3.63) is 29.6 Å². The second kappa shape index (κ2) is 12.8. The number of rotatable bonds is 10. The van der Waals surface area contributed by atoms with Crippen molar-refractivity contribution in [1.29, 1.82) is 0 Å². The van der Waals surface area contributed by atoms with Gasteiger partial charge in [0.15, 0.2) is 5.96 Å². The van der Waals surface area contributed by atoms with Crippen LogP contribution in [0.3, 0.4) is 0 Å². The summed E-state index contributed by atoms with van der Waals surface area (Å²) in [6.45, 7) is 9.85. The van der Waals surface area contributed by atoms with Gasteiger partial charge in [0.05, 0.1) is 12.2 Å². The Morgan fingerprint density at radius 3 is 2.39 bits per heavy atom. The third kappa shape index (κ3) is 7.81. The van der Waals surface area contributed by atoms with Crippen LogP contribution in [0.15, 0.2) is 23.2 Å². The van der Waals surface area contributed by atoms with Crippen molar-refractivity contribution >= 4 is 41.5 Å². The highest BCUT2D eigenvalue weighted by Gasteiger charge is 2.28. The molecule has 0 unspecified atom stereocenters. The number of anilines is 1. The number of aliphatic imine (C=N–C) groups is 1. The molecule has 0 aliphatic heterocycles. The average Bonchev–Trinajstić information content (AvgIpc) is 3.50. The minimum atomic E-state index is -0.216. The fraction of sp³-hybridized carbons (Fsp3) is 0.600. The van der Waals surface area contributed by atoms with E-state index in [0.29, 0.717) is 31.3 Å². The number of hydrogen-bond acceptors (Lipinski definition) is 3. The van der Waals surface area contributed by atoms with Gasteiger partial charge in [0.2, 0.25) is 5.91 Å². The molecule has 1 aliphatic rings. The van der Waals surface area contributed by atoms with E-state index in [9.17, 15) is 9.18 Å². The van der Waals surface area contributed by atoms with E-state index in [0.717, 1.165) is 38.0 Å². The van der Waals surface area contributed by atoms with Crippen LogP contribution in [-0.4, -0.2) is 44.6 Å². The molecule has 0 spiro atoms. The van der Waals surface area contributed by atoms with Crippen molar-refractivity contribution in [1.82, 2.24) is 16.0 Å². The lowest BCUT2D eigenvalue weighted by atomic mass is 10.2. The molecule has 1 aliphatic carbocycles. The first-order chi connectivity index (χ1) is 13.1. The van der Waals surface area contributed by atoms with Gasteiger partial charge < -0.3 is 20.9 Å². The van der Waals surface area contributed by atoms with Gasteiger partial charge in [-0.3, -0.25) is 4.79 Å². The first-order valence-corrected chi connectivity index (χ1v) is 9.92. The topological polar surface area (TPSA) is 68.8 Å². The standard InChI is InChI=1S/C20H32FN5O.HI/c1-4-22-20(24-12-11-23-19(27)16-8-9-16)25-14-15-7-10-18(17(21)13-15)26(5-2)6-3;/h7,10,13,16H,4-6,8-9,11-12,14H2,1-3H3,(H,23,27)(H2,22,24,25);1H. The number of halogens is 2. The van der Waals surface area contributed by atoms with Gasteiger partial charge in [-0.1, -0.05) is 6.07 Å². The molecule has 0 radical (unpaired) electrons. The summed E-state index contributed by atoms with van der Waals surface area (Å²) in [7, 11) is 0. The monoisotopic (exact) mass is 505 g/mol. The number of carbonyl (C=O) groups excluding carboxylic acids is 1. The number of nitrogens with one attached hydrogen (secondary N) is 3. The summed E-state index contributed by atoms with van der Waals surface area (Å²) in [6, 6.07) is 5.29. The summed E-state index contributed by atoms with van der Waals surface area (Å²) in [5.41, 5.74) is 1.45. The van der Waals surface area contributed by atoms with Crippen molar-refractivity contribution in [2.75, 3.05) is 37.6 Å². The fourth-order valence-electron chi connectivity index (χ4n) is 2.84. The van der Waals surface area contributed by atoms with Crippen LogP contribution in [0.25, 0.3) is 0 Å².